The van der Waals surface area contributed by atoms with Gasteiger partial charge in [0.1, 0.15) is 5.92 Å². The van der Waals surface area contributed by atoms with Gasteiger partial charge in [-0.05, 0) is 24.3 Å². The van der Waals surface area contributed by atoms with Crippen LogP contribution in [0.1, 0.15) is 6.92 Å². The highest BCUT2D eigenvalue weighted by Crippen LogP contribution is 2.44. The molecule has 0 aromatic heterocycles. The number of rotatable bonds is 5. The van der Waals surface area contributed by atoms with Crippen molar-refractivity contribution in [3.05, 3.63) is 36.5 Å². The zero-order valence-electron chi connectivity index (χ0n) is 15.1. The molecule has 2 atom stereocenters. The fraction of sp³-hybridized carbons (Fsp3) is 0.312. The van der Waals surface area contributed by atoms with Crippen LogP contribution in [-0.4, -0.2) is 45.0 Å². The Kier molecular flexibility index (Phi) is 5.77. The van der Waals surface area contributed by atoms with Gasteiger partial charge in [0.15, 0.2) is 0 Å². The molecule has 1 heterocycles. The topological polar surface area (TPSA) is 131 Å². The van der Waals surface area contributed by atoms with Crippen LogP contribution >= 0.6 is 0 Å². The second-order valence-corrected chi connectivity index (χ2v) is 7.73. The summed E-state index contributed by atoms with van der Waals surface area (Å²) in [6, 6.07) is 4.13. The minimum Gasteiger partial charge on any atom is -0.468 e. The van der Waals surface area contributed by atoms with Gasteiger partial charge < -0.3 is 15.4 Å². The van der Waals surface area contributed by atoms with E-state index < -0.39 is 56.0 Å². The number of alkyl halides is 3. The number of methoxy groups -OCH3 is 1. The summed E-state index contributed by atoms with van der Waals surface area (Å²) in [6.07, 6.45) is -5.52. The van der Waals surface area contributed by atoms with E-state index in [0.717, 1.165) is 31.4 Å². The number of halogens is 3. The number of hydrogen-bond donors (Lipinski definition) is 3. The van der Waals surface area contributed by atoms with Gasteiger partial charge in [-0.15, -0.1) is 0 Å². The summed E-state index contributed by atoms with van der Waals surface area (Å²) in [6.45, 7) is 4.40. The van der Waals surface area contributed by atoms with Gasteiger partial charge in [-0.1, -0.05) is 6.58 Å². The third-order valence-electron chi connectivity index (χ3n) is 4.08. The third kappa shape index (κ3) is 3.96. The minimum atomic E-state index is -5.52. The molecule has 2 rings (SSSR count). The summed E-state index contributed by atoms with van der Waals surface area (Å²) in [5.74, 6) is -6.15. The predicted molar refractivity (Wildman–Crippen MR) is 92.6 cm³/mol. The van der Waals surface area contributed by atoms with Crippen molar-refractivity contribution in [2.75, 3.05) is 12.4 Å². The molecule has 0 saturated carbocycles. The summed E-state index contributed by atoms with van der Waals surface area (Å²) >= 11 is 0. The number of amides is 2. The number of hydrogen-bond acceptors (Lipinski definition) is 6. The SMILES string of the molecule is C=C1NC(=O)[C@@](NS(=O)(=O)c2ccc(NC(C)=O)cc2)(C(F)(F)F)[C@H]1C(=O)OC. The smallest absolute Gasteiger partial charge is 0.417 e. The molecule has 1 aromatic rings. The van der Waals surface area contributed by atoms with Gasteiger partial charge in [0.2, 0.25) is 21.5 Å². The largest absolute Gasteiger partial charge is 0.468 e. The Bertz CT molecular complexity index is 975. The molecule has 29 heavy (non-hydrogen) atoms. The van der Waals surface area contributed by atoms with Gasteiger partial charge in [0.25, 0.3) is 5.91 Å². The van der Waals surface area contributed by atoms with Crippen LogP contribution in [0, 0.1) is 5.92 Å². The van der Waals surface area contributed by atoms with Crippen LogP contribution in [0.25, 0.3) is 0 Å². The minimum absolute atomic E-state index is 0.196. The van der Waals surface area contributed by atoms with E-state index in [9.17, 15) is 36.0 Å². The van der Waals surface area contributed by atoms with Crippen LogP contribution in [0.4, 0.5) is 18.9 Å². The number of carbonyl (C=O) groups excluding carboxylic acids is 3. The van der Waals surface area contributed by atoms with Gasteiger partial charge in [-0.2, -0.15) is 17.9 Å². The number of sulfonamides is 1. The number of benzene rings is 1. The van der Waals surface area contributed by atoms with Gasteiger partial charge in [0, 0.05) is 18.3 Å². The van der Waals surface area contributed by atoms with E-state index in [1.54, 1.807) is 5.32 Å². The molecule has 13 heteroatoms. The maximum absolute atomic E-state index is 14.0. The number of carbonyl (C=O) groups is 3. The quantitative estimate of drug-likeness (QED) is 0.583. The molecule has 0 radical (unpaired) electrons. The molecule has 1 aliphatic heterocycles. The molecule has 0 unspecified atom stereocenters. The average molecular weight is 435 g/mol. The monoisotopic (exact) mass is 435 g/mol. The summed E-state index contributed by atoms with van der Waals surface area (Å²) in [4.78, 5) is 34.5. The molecule has 0 aliphatic carbocycles. The number of nitrogens with one attached hydrogen (secondary N) is 3. The molecule has 0 spiro atoms. The van der Waals surface area contributed by atoms with E-state index in [2.05, 4.69) is 16.6 Å². The molecular weight excluding hydrogens is 419 g/mol. The molecule has 158 valence electrons. The summed E-state index contributed by atoms with van der Waals surface area (Å²) in [7, 11) is -4.17. The molecule has 1 aliphatic rings. The predicted octanol–water partition coefficient (Wildman–Crippen LogP) is 0.657. The van der Waals surface area contributed by atoms with Gasteiger partial charge in [-0.25, -0.2) is 8.42 Å². The number of anilines is 1. The number of esters is 1. The van der Waals surface area contributed by atoms with E-state index in [1.807, 2.05) is 0 Å². The fourth-order valence-corrected chi connectivity index (χ4v) is 4.16. The Morgan fingerprint density at radius 3 is 2.24 bits per heavy atom. The van der Waals surface area contributed by atoms with Crippen LogP contribution < -0.4 is 15.4 Å². The first-order chi connectivity index (χ1) is 13.3. The van der Waals surface area contributed by atoms with Crippen molar-refractivity contribution in [1.82, 2.24) is 10.0 Å². The highest BCUT2D eigenvalue weighted by molar-refractivity contribution is 7.89. The fourth-order valence-electron chi connectivity index (χ4n) is 2.79. The van der Waals surface area contributed by atoms with Gasteiger partial charge in [-0.3, -0.25) is 14.4 Å². The van der Waals surface area contributed by atoms with Gasteiger partial charge in [0.05, 0.1) is 12.0 Å². The molecule has 1 saturated heterocycles. The summed E-state index contributed by atoms with van der Waals surface area (Å²) < 4.78 is 72.7. The first-order valence-electron chi connectivity index (χ1n) is 7.82. The van der Waals surface area contributed by atoms with Crippen molar-refractivity contribution in [2.24, 2.45) is 5.92 Å². The number of ether oxygens (including phenoxy) is 1. The van der Waals surface area contributed by atoms with Crippen molar-refractivity contribution in [2.45, 2.75) is 23.5 Å². The van der Waals surface area contributed by atoms with Crippen LogP contribution in [0.2, 0.25) is 0 Å². The van der Waals surface area contributed by atoms with Crippen LogP contribution in [-0.2, 0) is 29.1 Å². The van der Waals surface area contributed by atoms with E-state index in [4.69, 9.17) is 0 Å². The van der Waals surface area contributed by atoms with Gasteiger partial charge >= 0.3 is 12.1 Å². The normalized spacial score (nSPS) is 22.2. The molecule has 3 N–H and O–H groups in total. The standard InChI is InChI=1S/C16H16F3N3O6S/c1-8-12(13(24)28-3)15(14(25)20-8,16(17,18)19)22-29(26,27)11-6-4-10(5-7-11)21-9(2)23/h4-7,12,22H,1H2,2-3H3,(H,20,25)(H,21,23)/t12-,15-/m1/s1. The summed E-state index contributed by atoms with van der Waals surface area (Å²) in [5.41, 5.74) is -4.32. The van der Waals surface area contributed by atoms with Crippen molar-refractivity contribution in [3.63, 3.8) is 0 Å². The lowest BCUT2D eigenvalue weighted by atomic mass is 9.85. The Morgan fingerprint density at radius 1 is 1.24 bits per heavy atom. The molecule has 1 aromatic carbocycles. The molecule has 2 amide bonds. The zero-order chi connectivity index (χ0) is 22.2. The maximum atomic E-state index is 14.0. The molecule has 1 fully saturated rings. The first kappa shape index (κ1) is 22.4. The molecular formula is C16H16F3N3O6S. The van der Waals surface area contributed by atoms with E-state index in [1.165, 1.54) is 11.6 Å². The first-order valence-corrected chi connectivity index (χ1v) is 9.31. The molecule has 9 nitrogen and oxygen atoms in total. The second-order valence-electron chi connectivity index (χ2n) is 6.05. The lowest BCUT2D eigenvalue weighted by Gasteiger charge is -2.33. The van der Waals surface area contributed by atoms with E-state index >= 15 is 0 Å². The Labute approximate surface area is 163 Å². The highest BCUT2D eigenvalue weighted by atomic mass is 32.2. The molecule has 0 bridgehead atoms. The van der Waals surface area contributed by atoms with E-state index in [0.29, 0.717) is 0 Å². The Balaban J connectivity index is 2.55. The van der Waals surface area contributed by atoms with Crippen molar-refractivity contribution in [3.8, 4) is 0 Å². The Hall–Kier alpha value is -2.93. The third-order valence-corrected chi connectivity index (χ3v) is 5.56. The second kappa shape index (κ2) is 7.48. The zero-order valence-corrected chi connectivity index (χ0v) is 15.9. The van der Waals surface area contributed by atoms with Crippen molar-refractivity contribution < 1.29 is 40.7 Å². The van der Waals surface area contributed by atoms with E-state index in [-0.39, 0.29) is 5.69 Å². The van der Waals surface area contributed by atoms with Crippen molar-refractivity contribution >= 4 is 33.5 Å². The Morgan fingerprint density at radius 2 is 1.79 bits per heavy atom. The average Bonchev–Trinajstić information content (AvgIpc) is 2.84. The highest BCUT2D eigenvalue weighted by Gasteiger charge is 2.72. The van der Waals surface area contributed by atoms with Crippen LogP contribution in [0.3, 0.4) is 0 Å². The lowest BCUT2D eigenvalue weighted by molar-refractivity contribution is -0.204. The lowest BCUT2D eigenvalue weighted by Crippen LogP contribution is -2.67. The summed E-state index contributed by atoms with van der Waals surface area (Å²) in [5, 5.41) is 4.12. The maximum Gasteiger partial charge on any atom is 0.417 e. The van der Waals surface area contributed by atoms with Crippen LogP contribution in [0.5, 0.6) is 0 Å². The van der Waals surface area contributed by atoms with Crippen LogP contribution in [0.15, 0.2) is 41.4 Å². The van der Waals surface area contributed by atoms with Crippen molar-refractivity contribution in [1.29, 1.82) is 0 Å².